The number of benzene rings is 1. The topological polar surface area (TPSA) is 57.1 Å². The normalized spacial score (nSPS) is 11.3. The Hall–Kier alpha value is -2.00. The van der Waals surface area contributed by atoms with Gasteiger partial charge in [0.15, 0.2) is 0 Å². The first kappa shape index (κ1) is 13.1. The van der Waals surface area contributed by atoms with Gasteiger partial charge in [-0.1, -0.05) is 0 Å². The van der Waals surface area contributed by atoms with Gasteiger partial charge >= 0.3 is 0 Å². The van der Waals surface area contributed by atoms with Crippen molar-refractivity contribution in [2.24, 2.45) is 4.99 Å². The van der Waals surface area contributed by atoms with E-state index in [4.69, 9.17) is 14.2 Å². The number of hydrogen-bond acceptors (Lipinski definition) is 5. The third kappa shape index (κ3) is 2.77. The molecule has 92 valence electrons. The van der Waals surface area contributed by atoms with Crippen LogP contribution in [0.5, 0.6) is 17.2 Å². The minimum Gasteiger partial charge on any atom is -0.496 e. The minimum atomic E-state index is -0.386. The maximum atomic E-state index is 10.3. The van der Waals surface area contributed by atoms with E-state index in [1.807, 2.05) is 0 Å². The molecule has 1 atom stereocenters. The molecule has 0 radical (unpaired) electrons. The minimum absolute atomic E-state index is 0.386. The molecule has 0 aliphatic carbocycles. The fourth-order valence-electron chi connectivity index (χ4n) is 1.59. The Bertz CT molecular complexity index is 413. The number of hydrogen-bond donors (Lipinski definition) is 0. The zero-order valence-corrected chi connectivity index (χ0v) is 10.3. The molecular formula is C12H15NO4. The number of aliphatic imine (C=N–C) groups is 1. The number of rotatable bonds is 5. The van der Waals surface area contributed by atoms with Crippen molar-refractivity contribution >= 4 is 6.08 Å². The Labute approximate surface area is 100 Å². The molecule has 1 aromatic rings. The molecule has 0 aromatic heterocycles. The highest BCUT2D eigenvalue weighted by atomic mass is 16.5. The third-order valence-corrected chi connectivity index (χ3v) is 2.42. The van der Waals surface area contributed by atoms with Gasteiger partial charge in [0.1, 0.15) is 17.2 Å². The molecule has 1 rings (SSSR count). The lowest BCUT2D eigenvalue weighted by Gasteiger charge is -2.16. The van der Waals surface area contributed by atoms with Gasteiger partial charge in [0.25, 0.3) is 0 Å². The van der Waals surface area contributed by atoms with E-state index in [0.717, 1.165) is 0 Å². The van der Waals surface area contributed by atoms with Crippen molar-refractivity contribution in [1.82, 2.24) is 0 Å². The van der Waals surface area contributed by atoms with E-state index in [2.05, 4.69) is 4.99 Å². The Morgan fingerprint density at radius 1 is 1.12 bits per heavy atom. The van der Waals surface area contributed by atoms with Gasteiger partial charge in [0, 0.05) is 12.1 Å². The highest BCUT2D eigenvalue weighted by Gasteiger charge is 2.18. The lowest BCUT2D eigenvalue weighted by molar-refractivity contribution is 0.365. The lowest BCUT2D eigenvalue weighted by Crippen LogP contribution is -2.00. The Morgan fingerprint density at radius 2 is 1.65 bits per heavy atom. The van der Waals surface area contributed by atoms with Crippen LogP contribution in [0.4, 0.5) is 0 Å². The summed E-state index contributed by atoms with van der Waals surface area (Å²) < 4.78 is 15.6. The van der Waals surface area contributed by atoms with E-state index in [9.17, 15) is 4.79 Å². The molecule has 1 aromatic carbocycles. The lowest BCUT2D eigenvalue weighted by atomic mass is 10.1. The van der Waals surface area contributed by atoms with E-state index in [0.29, 0.717) is 22.8 Å². The van der Waals surface area contributed by atoms with Gasteiger partial charge in [-0.3, -0.25) is 0 Å². The molecule has 0 aliphatic rings. The van der Waals surface area contributed by atoms with Crippen LogP contribution in [0.2, 0.25) is 0 Å². The van der Waals surface area contributed by atoms with Gasteiger partial charge < -0.3 is 14.2 Å². The number of methoxy groups -OCH3 is 3. The molecule has 0 amide bonds. The molecule has 5 heteroatoms. The molecule has 17 heavy (non-hydrogen) atoms. The summed E-state index contributed by atoms with van der Waals surface area (Å²) in [6.45, 7) is 1.76. The molecule has 0 bridgehead atoms. The quantitative estimate of drug-likeness (QED) is 0.581. The largest absolute Gasteiger partial charge is 0.496 e. The van der Waals surface area contributed by atoms with E-state index in [1.165, 1.54) is 20.3 Å². The molecule has 0 fully saturated rings. The monoisotopic (exact) mass is 237 g/mol. The standard InChI is InChI=1S/C12H15NO4/c1-8(13-7-14)12-10(16-3)5-9(15-2)6-11(12)17-4/h5-6,8H,1-4H3. The van der Waals surface area contributed by atoms with Crippen LogP contribution in [0, 0.1) is 0 Å². The molecule has 5 nitrogen and oxygen atoms in total. The molecule has 0 heterocycles. The van der Waals surface area contributed by atoms with Crippen LogP contribution in [-0.2, 0) is 4.79 Å². The van der Waals surface area contributed by atoms with Crippen LogP contribution in [0.25, 0.3) is 0 Å². The smallest absolute Gasteiger partial charge is 0.235 e. The number of nitrogens with zero attached hydrogens (tertiary/aromatic N) is 1. The molecule has 0 spiro atoms. The van der Waals surface area contributed by atoms with Crippen LogP contribution in [0.3, 0.4) is 0 Å². The SMILES string of the molecule is COc1cc(OC)c(C(C)N=C=O)c(OC)c1. The zero-order chi connectivity index (χ0) is 12.8. The second-order valence-corrected chi connectivity index (χ2v) is 3.34. The Balaban J connectivity index is 3.38. The summed E-state index contributed by atoms with van der Waals surface area (Å²) >= 11 is 0. The van der Waals surface area contributed by atoms with Gasteiger partial charge in [0.2, 0.25) is 6.08 Å². The third-order valence-electron chi connectivity index (χ3n) is 2.42. The van der Waals surface area contributed by atoms with Crippen molar-refractivity contribution in [3.63, 3.8) is 0 Å². The summed E-state index contributed by atoms with van der Waals surface area (Å²) in [5.74, 6) is 1.74. The summed E-state index contributed by atoms with van der Waals surface area (Å²) in [5.41, 5.74) is 0.694. The van der Waals surface area contributed by atoms with Gasteiger partial charge in [-0.25, -0.2) is 4.79 Å². The molecule has 1 unspecified atom stereocenters. The number of carbonyl (C=O) groups excluding carboxylic acids is 1. The maximum Gasteiger partial charge on any atom is 0.235 e. The second-order valence-electron chi connectivity index (χ2n) is 3.34. The van der Waals surface area contributed by atoms with Crippen LogP contribution >= 0.6 is 0 Å². The van der Waals surface area contributed by atoms with E-state index < -0.39 is 0 Å². The molecule has 0 saturated heterocycles. The van der Waals surface area contributed by atoms with E-state index >= 15 is 0 Å². The fourth-order valence-corrected chi connectivity index (χ4v) is 1.59. The second kappa shape index (κ2) is 5.92. The Kier molecular flexibility index (Phi) is 4.55. The molecule has 0 N–H and O–H groups in total. The maximum absolute atomic E-state index is 10.3. The summed E-state index contributed by atoms with van der Waals surface area (Å²) in [6, 6.07) is 3.05. The van der Waals surface area contributed by atoms with Crippen molar-refractivity contribution in [3.8, 4) is 17.2 Å². The van der Waals surface area contributed by atoms with Crippen LogP contribution in [-0.4, -0.2) is 27.4 Å². The number of isocyanates is 1. The van der Waals surface area contributed by atoms with Crippen LogP contribution in [0.15, 0.2) is 17.1 Å². The first-order valence-electron chi connectivity index (χ1n) is 5.04. The Morgan fingerprint density at radius 3 is 2.00 bits per heavy atom. The van der Waals surface area contributed by atoms with E-state index in [-0.39, 0.29) is 6.04 Å². The molecule has 0 aliphatic heterocycles. The van der Waals surface area contributed by atoms with Crippen molar-refractivity contribution in [2.45, 2.75) is 13.0 Å². The zero-order valence-electron chi connectivity index (χ0n) is 10.3. The highest BCUT2D eigenvalue weighted by molar-refractivity contribution is 5.53. The first-order chi connectivity index (χ1) is 8.17. The summed E-state index contributed by atoms with van der Waals surface area (Å²) in [7, 11) is 4.63. The average Bonchev–Trinajstić information content (AvgIpc) is 2.37. The summed E-state index contributed by atoms with van der Waals surface area (Å²) in [6.07, 6.45) is 1.53. The predicted octanol–water partition coefficient (Wildman–Crippen LogP) is 2.11. The van der Waals surface area contributed by atoms with Crippen molar-refractivity contribution in [2.75, 3.05) is 21.3 Å². The van der Waals surface area contributed by atoms with Gasteiger partial charge in [-0.05, 0) is 6.92 Å². The summed E-state index contributed by atoms with van der Waals surface area (Å²) in [5, 5.41) is 0. The van der Waals surface area contributed by atoms with Crippen LogP contribution < -0.4 is 14.2 Å². The van der Waals surface area contributed by atoms with Gasteiger partial charge in [0.05, 0.1) is 32.9 Å². The van der Waals surface area contributed by atoms with E-state index in [1.54, 1.807) is 26.2 Å². The average molecular weight is 237 g/mol. The van der Waals surface area contributed by atoms with Gasteiger partial charge in [-0.2, -0.15) is 4.99 Å². The molecular weight excluding hydrogens is 222 g/mol. The summed E-state index contributed by atoms with van der Waals surface area (Å²) in [4.78, 5) is 14.0. The fraction of sp³-hybridized carbons (Fsp3) is 0.417. The predicted molar refractivity (Wildman–Crippen MR) is 62.6 cm³/mol. The van der Waals surface area contributed by atoms with Crippen molar-refractivity contribution in [3.05, 3.63) is 17.7 Å². The van der Waals surface area contributed by atoms with Crippen molar-refractivity contribution in [1.29, 1.82) is 0 Å². The first-order valence-corrected chi connectivity index (χ1v) is 5.04. The highest BCUT2D eigenvalue weighted by Crippen LogP contribution is 2.39. The van der Waals surface area contributed by atoms with Crippen molar-refractivity contribution < 1.29 is 19.0 Å². The number of ether oxygens (including phenoxy) is 3. The van der Waals surface area contributed by atoms with Gasteiger partial charge in [-0.15, -0.1) is 0 Å². The molecule has 0 saturated carbocycles. The van der Waals surface area contributed by atoms with Crippen LogP contribution in [0.1, 0.15) is 18.5 Å².